The van der Waals surface area contributed by atoms with Crippen LogP contribution in [-0.4, -0.2) is 35.3 Å². The van der Waals surface area contributed by atoms with Gasteiger partial charge in [0.2, 0.25) is 0 Å². The molecule has 0 N–H and O–H groups in total. The zero-order chi connectivity index (χ0) is 14.9. The minimum Gasteiger partial charge on any atom is -0.445 e. The first kappa shape index (κ1) is 14.6. The molecular weight excluding hydrogens is 278 g/mol. The van der Waals surface area contributed by atoms with Gasteiger partial charge in [-0.1, -0.05) is 11.5 Å². The summed E-state index contributed by atoms with van der Waals surface area (Å²) in [5.74, 6) is 0. The number of hydrogen-bond acceptors (Lipinski definition) is 4. The quantitative estimate of drug-likeness (QED) is 0.751. The lowest BCUT2D eigenvalue weighted by Gasteiger charge is -2.14. The predicted octanol–water partition coefficient (Wildman–Crippen LogP) is 0.460. The van der Waals surface area contributed by atoms with E-state index in [1.807, 2.05) is 0 Å². The second kappa shape index (κ2) is 5.29. The van der Waals surface area contributed by atoms with Crippen molar-refractivity contribution in [2.45, 2.75) is 13.5 Å². The van der Waals surface area contributed by atoms with Crippen LogP contribution in [0.25, 0.3) is 11.2 Å². The van der Waals surface area contributed by atoms with Gasteiger partial charge in [0.15, 0.2) is 5.65 Å². The minimum atomic E-state index is -5.18. The first-order chi connectivity index (χ1) is 9.40. The van der Waals surface area contributed by atoms with Crippen LogP contribution in [-0.2, 0) is 22.9 Å². The maximum atomic E-state index is 12.8. The Morgan fingerprint density at radius 3 is 2.35 bits per heavy atom. The summed E-state index contributed by atoms with van der Waals surface area (Å²) in [6, 6.07) is 0.898. The van der Waals surface area contributed by atoms with E-state index in [0.717, 1.165) is 15.2 Å². The first-order valence-corrected chi connectivity index (χ1v) is 5.67. The standard InChI is InChI=1S/C10H12BF3N3O3/c1-19-5-16-8-3-7(11(12,13)14)4-15-9(8)17(6-20-2)10(16)18/h3-4H,5-6H2,1-2H3/q-1. The van der Waals surface area contributed by atoms with Crippen LogP contribution in [0.15, 0.2) is 17.1 Å². The number of fused-ring (bicyclic) bond motifs is 1. The van der Waals surface area contributed by atoms with E-state index in [1.54, 1.807) is 0 Å². The van der Waals surface area contributed by atoms with Crippen molar-refractivity contribution in [2.24, 2.45) is 0 Å². The van der Waals surface area contributed by atoms with E-state index >= 15 is 0 Å². The number of halogens is 3. The molecule has 110 valence electrons. The number of imidazole rings is 1. The second-order valence-corrected chi connectivity index (χ2v) is 4.16. The van der Waals surface area contributed by atoms with Crippen LogP contribution in [0.1, 0.15) is 0 Å². The van der Waals surface area contributed by atoms with Gasteiger partial charge in [-0.05, 0) is 0 Å². The molecule has 0 aliphatic carbocycles. The summed E-state index contributed by atoms with van der Waals surface area (Å²) in [4.78, 5) is 15.8. The van der Waals surface area contributed by atoms with Crippen LogP contribution in [0.4, 0.5) is 12.9 Å². The van der Waals surface area contributed by atoms with Crippen LogP contribution in [0.3, 0.4) is 0 Å². The Kier molecular flexibility index (Phi) is 3.86. The van der Waals surface area contributed by atoms with E-state index in [-0.39, 0.29) is 24.6 Å². The van der Waals surface area contributed by atoms with Crippen LogP contribution in [0, 0.1) is 0 Å². The highest BCUT2D eigenvalue weighted by atomic mass is 19.4. The lowest BCUT2D eigenvalue weighted by atomic mass is 9.81. The molecule has 2 rings (SSSR count). The van der Waals surface area contributed by atoms with E-state index in [2.05, 4.69) is 4.98 Å². The maximum Gasteiger partial charge on any atom is 0.511 e. The van der Waals surface area contributed by atoms with Crippen molar-refractivity contribution >= 4 is 23.6 Å². The zero-order valence-electron chi connectivity index (χ0n) is 10.8. The van der Waals surface area contributed by atoms with Crippen LogP contribution in [0.2, 0.25) is 0 Å². The van der Waals surface area contributed by atoms with Crippen molar-refractivity contribution in [3.8, 4) is 0 Å². The number of pyridine rings is 1. The Bertz CT molecular complexity index is 680. The Balaban J connectivity index is 2.73. The molecular formula is C10H12BF3N3O3-. The third kappa shape index (κ3) is 2.43. The number of nitrogens with zero attached hydrogens (tertiary/aromatic N) is 3. The Morgan fingerprint density at radius 2 is 1.80 bits per heavy atom. The Morgan fingerprint density at radius 1 is 1.20 bits per heavy atom. The molecule has 0 aromatic carbocycles. The number of methoxy groups -OCH3 is 2. The summed E-state index contributed by atoms with van der Waals surface area (Å²) >= 11 is 0. The van der Waals surface area contributed by atoms with Crippen molar-refractivity contribution in [3.05, 3.63) is 22.7 Å². The normalized spacial score (nSPS) is 12.2. The van der Waals surface area contributed by atoms with E-state index < -0.39 is 18.1 Å². The van der Waals surface area contributed by atoms with Crippen LogP contribution < -0.4 is 11.2 Å². The molecule has 2 aromatic rings. The molecule has 2 aromatic heterocycles. The monoisotopic (exact) mass is 290 g/mol. The Hall–Kier alpha value is -1.81. The molecule has 0 spiro atoms. The molecule has 0 aliphatic rings. The van der Waals surface area contributed by atoms with E-state index in [4.69, 9.17) is 9.47 Å². The van der Waals surface area contributed by atoms with Gasteiger partial charge in [0.05, 0.1) is 5.52 Å². The molecule has 0 bridgehead atoms. The summed E-state index contributed by atoms with van der Waals surface area (Å²) in [5, 5.41) is 0. The fourth-order valence-electron chi connectivity index (χ4n) is 1.89. The molecule has 0 unspecified atom stereocenters. The highest BCUT2D eigenvalue weighted by molar-refractivity contribution is 6.73. The van der Waals surface area contributed by atoms with Crippen LogP contribution >= 0.6 is 0 Å². The average Bonchev–Trinajstić information content (AvgIpc) is 2.64. The topological polar surface area (TPSA) is 58.3 Å². The number of ether oxygens (including phenoxy) is 2. The van der Waals surface area contributed by atoms with Gasteiger partial charge in [-0.25, -0.2) is 9.78 Å². The third-order valence-electron chi connectivity index (χ3n) is 2.77. The van der Waals surface area contributed by atoms with Crippen molar-refractivity contribution in [3.63, 3.8) is 0 Å². The van der Waals surface area contributed by atoms with Gasteiger partial charge in [0.25, 0.3) is 0 Å². The number of aromatic nitrogens is 3. The fraction of sp³-hybridized carbons (Fsp3) is 0.400. The molecule has 20 heavy (non-hydrogen) atoms. The summed E-state index contributed by atoms with van der Waals surface area (Å²) in [7, 11) is 2.72. The molecule has 0 radical (unpaired) electrons. The Labute approximate surface area is 111 Å². The lowest BCUT2D eigenvalue weighted by Crippen LogP contribution is -2.34. The molecule has 0 saturated carbocycles. The second-order valence-electron chi connectivity index (χ2n) is 4.16. The van der Waals surface area contributed by atoms with Crippen molar-refractivity contribution in [2.75, 3.05) is 14.2 Å². The molecule has 2 heterocycles. The predicted molar refractivity (Wildman–Crippen MR) is 66.7 cm³/mol. The fourth-order valence-corrected chi connectivity index (χ4v) is 1.89. The lowest BCUT2D eigenvalue weighted by molar-refractivity contribution is 0.117. The van der Waals surface area contributed by atoms with E-state index in [0.29, 0.717) is 6.20 Å². The van der Waals surface area contributed by atoms with Crippen molar-refractivity contribution < 1.29 is 22.4 Å². The number of rotatable bonds is 5. The first-order valence-electron chi connectivity index (χ1n) is 5.67. The van der Waals surface area contributed by atoms with E-state index in [1.165, 1.54) is 14.2 Å². The van der Waals surface area contributed by atoms with Crippen molar-refractivity contribution in [1.29, 1.82) is 0 Å². The third-order valence-corrected chi connectivity index (χ3v) is 2.77. The van der Waals surface area contributed by atoms with Gasteiger partial charge in [0.1, 0.15) is 13.5 Å². The SMILES string of the molecule is COCn1c(=O)n(COC)c2ncc([B-](F)(F)F)cc21. The van der Waals surface area contributed by atoms with Crippen LogP contribution in [0.5, 0.6) is 0 Å². The summed E-state index contributed by atoms with van der Waals surface area (Å²) < 4.78 is 50.2. The maximum absolute atomic E-state index is 12.8. The highest BCUT2D eigenvalue weighted by Gasteiger charge is 2.27. The molecule has 0 amide bonds. The molecule has 0 fully saturated rings. The van der Waals surface area contributed by atoms with Gasteiger partial charge in [-0.3, -0.25) is 9.13 Å². The summed E-state index contributed by atoms with van der Waals surface area (Å²) in [6.07, 6.45) is 0.713. The highest BCUT2D eigenvalue weighted by Crippen LogP contribution is 2.14. The average molecular weight is 290 g/mol. The van der Waals surface area contributed by atoms with E-state index in [9.17, 15) is 17.7 Å². The largest absolute Gasteiger partial charge is 0.511 e. The molecule has 0 atom stereocenters. The molecule has 0 aliphatic heterocycles. The zero-order valence-corrected chi connectivity index (χ0v) is 10.8. The van der Waals surface area contributed by atoms with Gasteiger partial charge >= 0.3 is 12.7 Å². The smallest absolute Gasteiger partial charge is 0.445 e. The van der Waals surface area contributed by atoms with Gasteiger partial charge in [-0.2, -0.15) is 0 Å². The van der Waals surface area contributed by atoms with Gasteiger partial charge < -0.3 is 22.4 Å². The van der Waals surface area contributed by atoms with Gasteiger partial charge in [-0.15, -0.1) is 0 Å². The van der Waals surface area contributed by atoms with Gasteiger partial charge in [0, 0.05) is 20.4 Å². The molecule has 0 saturated heterocycles. The summed E-state index contributed by atoms with van der Waals surface area (Å²) in [5.41, 5.74) is -1.22. The number of hydrogen-bond donors (Lipinski definition) is 0. The van der Waals surface area contributed by atoms with Crippen molar-refractivity contribution in [1.82, 2.24) is 14.1 Å². The minimum absolute atomic E-state index is 0.0607. The molecule has 6 nitrogen and oxygen atoms in total. The molecule has 10 heteroatoms. The summed E-state index contributed by atoms with van der Waals surface area (Å²) in [6.45, 7) is -5.45.